The molecular formula is C16H15NO5. The van der Waals surface area contributed by atoms with Crippen LogP contribution in [0.25, 0.3) is 11.0 Å². The first-order valence-corrected chi connectivity index (χ1v) is 6.54. The number of esters is 1. The lowest BCUT2D eigenvalue weighted by Crippen LogP contribution is -2.29. The van der Waals surface area contributed by atoms with Gasteiger partial charge in [0, 0.05) is 18.1 Å². The molecule has 2 aromatic rings. The van der Waals surface area contributed by atoms with Gasteiger partial charge in [0.15, 0.2) is 6.61 Å². The quantitative estimate of drug-likeness (QED) is 0.646. The maximum atomic E-state index is 12.1. The van der Waals surface area contributed by atoms with E-state index in [2.05, 4.69) is 11.2 Å². The van der Waals surface area contributed by atoms with Gasteiger partial charge in [-0.3, -0.25) is 4.79 Å². The molecule has 0 saturated heterocycles. The largest absolute Gasteiger partial charge is 0.450 e. The van der Waals surface area contributed by atoms with Crippen LogP contribution < -0.4 is 5.32 Å². The number of furan rings is 1. The van der Waals surface area contributed by atoms with E-state index < -0.39 is 18.5 Å². The number of ether oxygens (including phenoxy) is 2. The molecule has 0 aliphatic rings. The number of carbonyl (C=O) groups is 2. The average Bonchev–Trinajstić information content (AvgIpc) is 2.90. The second-order valence-electron chi connectivity index (χ2n) is 4.40. The molecule has 114 valence electrons. The molecular weight excluding hydrogens is 286 g/mol. The smallest absolute Gasteiger partial charge is 0.375 e. The normalized spacial score (nSPS) is 10.2. The highest BCUT2D eigenvalue weighted by Crippen LogP contribution is 2.27. The molecule has 0 spiro atoms. The van der Waals surface area contributed by atoms with Crippen LogP contribution in [0.1, 0.15) is 16.1 Å². The highest BCUT2D eigenvalue weighted by Gasteiger charge is 2.22. The van der Waals surface area contributed by atoms with E-state index in [0.717, 1.165) is 5.39 Å². The van der Waals surface area contributed by atoms with E-state index in [1.807, 2.05) is 12.1 Å². The number of carbonyl (C=O) groups excluding carboxylic acids is 2. The van der Waals surface area contributed by atoms with Gasteiger partial charge < -0.3 is 19.2 Å². The van der Waals surface area contributed by atoms with Gasteiger partial charge in [0.25, 0.3) is 5.91 Å². The summed E-state index contributed by atoms with van der Waals surface area (Å²) < 4.78 is 15.5. The first kappa shape index (κ1) is 15.6. The zero-order chi connectivity index (χ0) is 15.9. The number of rotatable bonds is 6. The molecule has 1 heterocycles. The fraction of sp³-hybridized carbons (Fsp3) is 0.250. The molecule has 6 heteroatoms. The van der Waals surface area contributed by atoms with E-state index in [0.29, 0.717) is 11.1 Å². The second kappa shape index (κ2) is 7.29. The molecule has 0 unspecified atom stereocenters. The van der Waals surface area contributed by atoms with Crippen molar-refractivity contribution in [1.82, 2.24) is 5.32 Å². The van der Waals surface area contributed by atoms with Crippen molar-refractivity contribution < 1.29 is 23.5 Å². The van der Waals surface area contributed by atoms with Gasteiger partial charge in [-0.05, 0) is 6.07 Å². The number of para-hydroxylation sites is 1. The summed E-state index contributed by atoms with van der Waals surface area (Å²) in [7, 11) is 1.52. The van der Waals surface area contributed by atoms with Gasteiger partial charge >= 0.3 is 5.97 Å². The lowest BCUT2D eigenvalue weighted by Gasteiger charge is -2.04. The third-order valence-electron chi connectivity index (χ3n) is 2.89. The molecule has 0 bridgehead atoms. The third kappa shape index (κ3) is 3.45. The van der Waals surface area contributed by atoms with Gasteiger partial charge in [-0.1, -0.05) is 24.1 Å². The molecule has 0 saturated carbocycles. The number of terminal acetylenes is 1. The molecule has 0 radical (unpaired) electrons. The number of amides is 1. The van der Waals surface area contributed by atoms with Crippen LogP contribution in [-0.4, -0.2) is 32.1 Å². The Hall–Kier alpha value is -2.78. The number of nitrogens with one attached hydrogen (secondary N) is 1. The predicted molar refractivity (Wildman–Crippen MR) is 79.1 cm³/mol. The first-order valence-electron chi connectivity index (χ1n) is 6.54. The van der Waals surface area contributed by atoms with Gasteiger partial charge in [0.2, 0.25) is 5.76 Å². The van der Waals surface area contributed by atoms with Gasteiger partial charge in [-0.15, -0.1) is 6.42 Å². The number of benzene rings is 1. The molecule has 1 aromatic heterocycles. The van der Waals surface area contributed by atoms with Crippen LogP contribution in [0, 0.1) is 12.3 Å². The highest BCUT2D eigenvalue weighted by atomic mass is 16.5. The molecule has 0 aliphatic carbocycles. The maximum Gasteiger partial charge on any atom is 0.375 e. The summed E-state index contributed by atoms with van der Waals surface area (Å²) in [4.78, 5) is 23.5. The fourth-order valence-electron chi connectivity index (χ4n) is 1.95. The Morgan fingerprint density at radius 2 is 2.14 bits per heavy atom. The molecule has 22 heavy (non-hydrogen) atoms. The van der Waals surface area contributed by atoms with E-state index in [1.54, 1.807) is 12.1 Å². The van der Waals surface area contributed by atoms with Crippen molar-refractivity contribution in [3.8, 4) is 12.3 Å². The number of methoxy groups -OCH3 is 1. The summed E-state index contributed by atoms with van der Waals surface area (Å²) in [5, 5.41) is 3.17. The second-order valence-corrected chi connectivity index (χ2v) is 4.40. The molecule has 1 N–H and O–H groups in total. The molecule has 0 fully saturated rings. The molecule has 0 aliphatic heterocycles. The standard InChI is InChI=1S/C16H15NO5/c1-3-8-17-14(18)10-21-16(19)15-12(9-20-2)11-6-4-5-7-13(11)22-15/h1,4-7H,8-10H2,2H3,(H,17,18). The van der Waals surface area contributed by atoms with E-state index in [9.17, 15) is 9.59 Å². The van der Waals surface area contributed by atoms with Crippen LogP contribution in [0.5, 0.6) is 0 Å². The summed E-state index contributed by atoms with van der Waals surface area (Å²) in [6.45, 7) is -0.148. The van der Waals surface area contributed by atoms with E-state index >= 15 is 0 Å². The predicted octanol–water partition coefficient (Wildman–Crippen LogP) is 1.49. The Bertz CT molecular complexity index is 726. The lowest BCUT2D eigenvalue weighted by molar-refractivity contribution is -0.124. The Morgan fingerprint density at radius 1 is 1.36 bits per heavy atom. The van der Waals surface area contributed by atoms with E-state index in [4.69, 9.17) is 20.3 Å². The molecule has 2 rings (SSSR count). The molecule has 6 nitrogen and oxygen atoms in total. The number of hydrogen-bond acceptors (Lipinski definition) is 5. The van der Waals surface area contributed by atoms with E-state index in [1.165, 1.54) is 7.11 Å². The first-order chi connectivity index (χ1) is 10.7. The maximum absolute atomic E-state index is 12.1. The van der Waals surface area contributed by atoms with Crippen molar-refractivity contribution >= 4 is 22.8 Å². The number of fused-ring (bicyclic) bond motifs is 1. The molecule has 1 amide bonds. The summed E-state index contributed by atoms with van der Waals surface area (Å²) in [5.41, 5.74) is 1.14. The van der Waals surface area contributed by atoms with Gasteiger partial charge in [0.05, 0.1) is 13.2 Å². The van der Waals surface area contributed by atoms with Crippen LogP contribution in [0.4, 0.5) is 0 Å². The van der Waals surface area contributed by atoms with Crippen LogP contribution in [0.15, 0.2) is 28.7 Å². The Kier molecular flexibility index (Phi) is 5.17. The minimum atomic E-state index is -0.723. The minimum absolute atomic E-state index is 0.0350. The van der Waals surface area contributed by atoms with Crippen molar-refractivity contribution in [3.05, 3.63) is 35.6 Å². The summed E-state index contributed by atoms with van der Waals surface area (Å²) >= 11 is 0. The van der Waals surface area contributed by atoms with Crippen LogP contribution in [0.3, 0.4) is 0 Å². The fourth-order valence-corrected chi connectivity index (χ4v) is 1.95. The van der Waals surface area contributed by atoms with Crippen molar-refractivity contribution in [3.63, 3.8) is 0 Å². The Balaban J connectivity index is 2.15. The molecule has 0 atom stereocenters. The number of hydrogen-bond donors (Lipinski definition) is 1. The van der Waals surface area contributed by atoms with E-state index in [-0.39, 0.29) is 18.9 Å². The van der Waals surface area contributed by atoms with Crippen molar-refractivity contribution in [2.75, 3.05) is 20.3 Å². The summed E-state index contributed by atoms with van der Waals surface area (Å²) in [6.07, 6.45) is 5.02. The average molecular weight is 301 g/mol. The topological polar surface area (TPSA) is 77.8 Å². The van der Waals surface area contributed by atoms with Gasteiger partial charge in [-0.2, -0.15) is 0 Å². The summed E-state index contributed by atoms with van der Waals surface area (Å²) in [6, 6.07) is 7.19. The zero-order valence-corrected chi connectivity index (χ0v) is 12.0. The Morgan fingerprint density at radius 3 is 2.86 bits per heavy atom. The third-order valence-corrected chi connectivity index (χ3v) is 2.89. The Labute approximate surface area is 127 Å². The van der Waals surface area contributed by atoms with Crippen molar-refractivity contribution in [2.45, 2.75) is 6.61 Å². The summed E-state index contributed by atoms with van der Waals surface area (Å²) in [5.74, 6) is 1.09. The highest BCUT2D eigenvalue weighted by molar-refractivity contribution is 5.96. The van der Waals surface area contributed by atoms with Gasteiger partial charge in [0.1, 0.15) is 5.58 Å². The molecule has 1 aromatic carbocycles. The van der Waals surface area contributed by atoms with Crippen molar-refractivity contribution in [2.24, 2.45) is 0 Å². The SMILES string of the molecule is C#CCNC(=O)COC(=O)c1oc2ccccc2c1COC. The lowest BCUT2D eigenvalue weighted by atomic mass is 10.1. The van der Waals surface area contributed by atoms with Crippen LogP contribution >= 0.6 is 0 Å². The van der Waals surface area contributed by atoms with Gasteiger partial charge in [-0.25, -0.2) is 4.79 Å². The van der Waals surface area contributed by atoms with Crippen molar-refractivity contribution in [1.29, 1.82) is 0 Å². The van der Waals surface area contributed by atoms with Crippen LogP contribution in [-0.2, 0) is 20.9 Å². The monoisotopic (exact) mass is 301 g/mol. The zero-order valence-electron chi connectivity index (χ0n) is 12.0. The van der Waals surface area contributed by atoms with Crippen LogP contribution in [0.2, 0.25) is 0 Å². The minimum Gasteiger partial charge on any atom is -0.450 e.